The molecule has 0 aliphatic carbocycles. The van der Waals surface area contributed by atoms with E-state index in [4.69, 9.17) is 4.98 Å². The first kappa shape index (κ1) is 15.6. The number of thioether (sulfide) groups is 1. The Morgan fingerprint density at radius 2 is 2.20 bits per heavy atom. The molecule has 0 saturated carbocycles. The average molecular weight is 293 g/mol. The molecule has 4 heteroatoms. The zero-order valence-electron chi connectivity index (χ0n) is 13.2. The lowest BCUT2D eigenvalue weighted by Gasteiger charge is -2.38. The van der Waals surface area contributed by atoms with E-state index in [2.05, 4.69) is 61.8 Å². The van der Waals surface area contributed by atoms with Crippen LogP contribution in [0.2, 0.25) is 0 Å². The van der Waals surface area contributed by atoms with E-state index in [-0.39, 0.29) is 0 Å². The van der Waals surface area contributed by atoms with Gasteiger partial charge in [-0.25, -0.2) is 4.98 Å². The summed E-state index contributed by atoms with van der Waals surface area (Å²) < 4.78 is 0.329. The third kappa shape index (κ3) is 4.13. The molecule has 0 atom stereocenters. The third-order valence-electron chi connectivity index (χ3n) is 3.67. The van der Waals surface area contributed by atoms with Crippen LogP contribution in [0, 0.1) is 6.92 Å². The van der Waals surface area contributed by atoms with Crippen molar-refractivity contribution >= 4 is 17.6 Å². The van der Waals surface area contributed by atoms with Crippen molar-refractivity contribution in [3.05, 3.63) is 23.4 Å². The lowest BCUT2D eigenvalue weighted by Crippen LogP contribution is -2.43. The van der Waals surface area contributed by atoms with Gasteiger partial charge in [0.25, 0.3) is 0 Å². The second kappa shape index (κ2) is 6.81. The molecule has 1 N–H and O–H groups in total. The number of anilines is 1. The average Bonchev–Trinajstić information content (AvgIpc) is 2.39. The van der Waals surface area contributed by atoms with Crippen LogP contribution >= 0.6 is 11.8 Å². The first-order chi connectivity index (χ1) is 9.52. The Hall–Kier alpha value is -0.740. The second-order valence-electron chi connectivity index (χ2n) is 6.12. The van der Waals surface area contributed by atoms with Gasteiger partial charge in [-0.2, -0.15) is 11.8 Å². The highest BCUT2D eigenvalue weighted by Gasteiger charge is 2.27. The monoisotopic (exact) mass is 293 g/mol. The number of hydrogen-bond acceptors (Lipinski definition) is 4. The normalized spacial score (nSPS) is 18.3. The molecule has 112 valence electrons. The molecule has 2 heterocycles. The van der Waals surface area contributed by atoms with Gasteiger partial charge in [0.05, 0.1) is 0 Å². The first-order valence-corrected chi connectivity index (χ1v) is 8.56. The molecule has 1 aromatic heterocycles. The van der Waals surface area contributed by atoms with Gasteiger partial charge in [0.2, 0.25) is 0 Å². The van der Waals surface area contributed by atoms with Crippen molar-refractivity contribution in [1.82, 2.24) is 10.3 Å². The van der Waals surface area contributed by atoms with Crippen LogP contribution < -0.4 is 10.2 Å². The predicted octanol–water partition coefficient (Wildman–Crippen LogP) is 3.22. The van der Waals surface area contributed by atoms with Crippen molar-refractivity contribution in [1.29, 1.82) is 0 Å². The summed E-state index contributed by atoms with van der Waals surface area (Å²) in [7, 11) is 0. The minimum atomic E-state index is 0.329. The Morgan fingerprint density at radius 1 is 1.40 bits per heavy atom. The zero-order chi connectivity index (χ0) is 14.6. The zero-order valence-corrected chi connectivity index (χ0v) is 14.0. The summed E-state index contributed by atoms with van der Waals surface area (Å²) in [5.74, 6) is 2.32. The van der Waals surface area contributed by atoms with Gasteiger partial charge >= 0.3 is 0 Å². The lowest BCUT2D eigenvalue weighted by atomic mass is 10.1. The number of aromatic nitrogens is 1. The summed E-state index contributed by atoms with van der Waals surface area (Å²) in [6.07, 6.45) is 1.17. The highest BCUT2D eigenvalue weighted by molar-refractivity contribution is 8.00. The van der Waals surface area contributed by atoms with Crippen molar-refractivity contribution in [2.45, 2.75) is 45.4 Å². The SMILES string of the molecule is CCCNCc1ccc(N2CCSC(C)(C)C2)nc1C. The van der Waals surface area contributed by atoms with Gasteiger partial charge in [0.1, 0.15) is 5.82 Å². The maximum Gasteiger partial charge on any atom is 0.128 e. The van der Waals surface area contributed by atoms with Gasteiger partial charge in [0, 0.05) is 35.8 Å². The maximum atomic E-state index is 4.82. The standard InChI is InChI=1S/C16H27N3S/c1-5-8-17-11-14-6-7-15(18-13(14)2)19-9-10-20-16(3,4)12-19/h6-7,17H,5,8-12H2,1-4H3. The number of hydrogen-bond donors (Lipinski definition) is 1. The quantitative estimate of drug-likeness (QED) is 0.844. The molecule has 0 unspecified atom stereocenters. The number of rotatable bonds is 5. The van der Waals surface area contributed by atoms with Crippen molar-refractivity contribution in [3.63, 3.8) is 0 Å². The molecular weight excluding hydrogens is 266 g/mol. The molecule has 3 nitrogen and oxygen atoms in total. The largest absolute Gasteiger partial charge is 0.354 e. The van der Waals surface area contributed by atoms with E-state index >= 15 is 0 Å². The molecule has 20 heavy (non-hydrogen) atoms. The minimum Gasteiger partial charge on any atom is -0.354 e. The van der Waals surface area contributed by atoms with Crippen LogP contribution in [0.1, 0.15) is 38.4 Å². The van der Waals surface area contributed by atoms with Gasteiger partial charge in [0.15, 0.2) is 0 Å². The summed E-state index contributed by atoms with van der Waals surface area (Å²) in [6, 6.07) is 4.41. The molecule has 1 saturated heterocycles. The van der Waals surface area contributed by atoms with E-state index in [0.717, 1.165) is 37.7 Å². The molecule has 1 aliphatic rings. The van der Waals surface area contributed by atoms with Crippen LogP contribution in [0.5, 0.6) is 0 Å². The minimum absolute atomic E-state index is 0.329. The highest BCUT2D eigenvalue weighted by atomic mass is 32.2. The molecule has 1 aromatic rings. The Labute approximate surface area is 127 Å². The Bertz CT molecular complexity index is 445. The molecule has 0 amide bonds. The topological polar surface area (TPSA) is 28.2 Å². The Kier molecular flexibility index (Phi) is 5.33. The number of pyridine rings is 1. The van der Waals surface area contributed by atoms with E-state index in [9.17, 15) is 0 Å². The van der Waals surface area contributed by atoms with E-state index in [0.29, 0.717) is 4.75 Å². The van der Waals surface area contributed by atoms with Crippen molar-refractivity contribution in [2.24, 2.45) is 0 Å². The van der Waals surface area contributed by atoms with Gasteiger partial charge in [-0.1, -0.05) is 13.0 Å². The second-order valence-corrected chi connectivity index (χ2v) is 7.92. The summed E-state index contributed by atoms with van der Waals surface area (Å²) in [5, 5.41) is 3.45. The molecular formula is C16H27N3S. The smallest absolute Gasteiger partial charge is 0.128 e. The van der Waals surface area contributed by atoms with E-state index in [1.807, 2.05) is 0 Å². The van der Waals surface area contributed by atoms with Crippen LogP contribution in [-0.4, -0.2) is 35.1 Å². The molecule has 2 rings (SSSR count). The summed E-state index contributed by atoms with van der Waals surface area (Å²) in [5.41, 5.74) is 2.47. The summed E-state index contributed by atoms with van der Waals surface area (Å²) >= 11 is 2.06. The molecule has 1 aliphatic heterocycles. The number of nitrogens with one attached hydrogen (secondary N) is 1. The Balaban J connectivity index is 2.04. The number of aryl methyl sites for hydroxylation is 1. The lowest BCUT2D eigenvalue weighted by molar-refractivity contribution is 0.639. The molecule has 0 radical (unpaired) electrons. The third-order valence-corrected chi connectivity index (χ3v) is 4.97. The Morgan fingerprint density at radius 3 is 2.85 bits per heavy atom. The van der Waals surface area contributed by atoms with Gasteiger partial charge in [-0.15, -0.1) is 0 Å². The van der Waals surface area contributed by atoms with Gasteiger partial charge in [-0.3, -0.25) is 0 Å². The fourth-order valence-corrected chi connectivity index (χ4v) is 3.66. The van der Waals surface area contributed by atoms with Crippen LogP contribution in [-0.2, 0) is 6.54 Å². The first-order valence-electron chi connectivity index (χ1n) is 7.58. The van der Waals surface area contributed by atoms with E-state index in [1.165, 1.54) is 17.7 Å². The molecule has 0 bridgehead atoms. The molecule has 0 aromatic carbocycles. The van der Waals surface area contributed by atoms with Crippen molar-refractivity contribution in [2.75, 3.05) is 30.3 Å². The molecule has 1 fully saturated rings. The van der Waals surface area contributed by atoms with Crippen LogP contribution in [0.15, 0.2) is 12.1 Å². The van der Waals surface area contributed by atoms with Crippen molar-refractivity contribution < 1.29 is 0 Å². The predicted molar refractivity (Wildman–Crippen MR) is 89.7 cm³/mol. The van der Waals surface area contributed by atoms with Crippen molar-refractivity contribution in [3.8, 4) is 0 Å². The van der Waals surface area contributed by atoms with E-state index < -0.39 is 0 Å². The van der Waals surface area contributed by atoms with Crippen LogP contribution in [0.4, 0.5) is 5.82 Å². The summed E-state index contributed by atoms with van der Waals surface area (Å²) in [4.78, 5) is 7.24. The van der Waals surface area contributed by atoms with Gasteiger partial charge < -0.3 is 10.2 Å². The maximum absolute atomic E-state index is 4.82. The van der Waals surface area contributed by atoms with E-state index in [1.54, 1.807) is 0 Å². The highest BCUT2D eigenvalue weighted by Crippen LogP contribution is 2.31. The summed E-state index contributed by atoms with van der Waals surface area (Å²) in [6.45, 7) is 13.1. The number of nitrogens with zero attached hydrogens (tertiary/aromatic N) is 2. The molecule has 0 spiro atoms. The van der Waals surface area contributed by atoms with Gasteiger partial charge in [-0.05, 0) is 45.4 Å². The fraction of sp³-hybridized carbons (Fsp3) is 0.688. The van der Waals surface area contributed by atoms with Crippen LogP contribution in [0.25, 0.3) is 0 Å². The fourth-order valence-electron chi connectivity index (χ4n) is 2.55. The van der Waals surface area contributed by atoms with Crippen LogP contribution in [0.3, 0.4) is 0 Å².